The van der Waals surface area contributed by atoms with E-state index >= 15 is 0 Å². The van der Waals surface area contributed by atoms with Crippen LogP contribution in [0.25, 0.3) is 0 Å². The summed E-state index contributed by atoms with van der Waals surface area (Å²) in [6.07, 6.45) is 4.95. The Labute approximate surface area is 121 Å². The van der Waals surface area contributed by atoms with Gasteiger partial charge in [-0.2, -0.15) is 0 Å². The molecule has 0 saturated heterocycles. The third-order valence-corrected chi connectivity index (χ3v) is 1.98. The van der Waals surface area contributed by atoms with E-state index in [4.69, 9.17) is 16.7 Å². The number of halogens is 1. The van der Waals surface area contributed by atoms with Crippen molar-refractivity contribution < 1.29 is 9.90 Å². The van der Waals surface area contributed by atoms with Crippen LogP contribution in [-0.2, 0) is 4.79 Å². The van der Waals surface area contributed by atoms with Gasteiger partial charge in [0.15, 0.2) is 0 Å². The van der Waals surface area contributed by atoms with Crippen LogP contribution in [0.3, 0.4) is 0 Å². The van der Waals surface area contributed by atoms with Crippen LogP contribution in [0.4, 0.5) is 0 Å². The van der Waals surface area contributed by atoms with Crippen LogP contribution in [0.15, 0.2) is 0 Å². The average Bonchev–Trinajstić information content (AvgIpc) is 1.97. The fraction of sp³-hybridized carbons (Fsp3) is 0.875. The van der Waals surface area contributed by atoms with Gasteiger partial charge in [0.2, 0.25) is 0 Å². The molecule has 12 heavy (non-hydrogen) atoms. The number of aliphatic carboxylic acids is 1. The molecule has 0 radical (unpaired) electrons. The molecule has 4 heteroatoms. The first kappa shape index (κ1) is 15.9. The normalized spacial score (nSPS) is 11.8. The van der Waals surface area contributed by atoms with E-state index in [2.05, 4.69) is 6.92 Å². The minimum atomic E-state index is -0.900. The van der Waals surface area contributed by atoms with Crippen molar-refractivity contribution in [2.24, 2.45) is 0 Å². The number of hydrogen-bond acceptors (Lipinski definition) is 1. The van der Waals surface area contributed by atoms with Crippen LogP contribution >= 0.6 is 11.6 Å². The second-order valence-electron chi connectivity index (χ2n) is 2.66. The predicted molar refractivity (Wildman–Crippen MR) is 53.2 cm³/mol. The molecule has 0 aromatic carbocycles. The Morgan fingerprint density at radius 3 is 2.42 bits per heavy atom. The van der Waals surface area contributed by atoms with E-state index in [9.17, 15) is 4.79 Å². The number of unbranched alkanes of at least 4 members (excludes halogenated alkanes) is 3. The first-order valence-electron chi connectivity index (χ1n) is 4.05. The van der Waals surface area contributed by atoms with Crippen molar-refractivity contribution in [1.29, 1.82) is 0 Å². The molecule has 0 aliphatic carbocycles. The average molecular weight is 219 g/mol. The van der Waals surface area contributed by atoms with Crippen molar-refractivity contribution in [1.82, 2.24) is 0 Å². The second kappa shape index (κ2) is 10.5. The maximum absolute atomic E-state index is 10.2. The molecule has 0 aromatic heterocycles. The molecule has 0 amide bonds. The first-order chi connectivity index (χ1) is 5.18. The number of carboxylic acids is 1. The van der Waals surface area contributed by atoms with Crippen molar-refractivity contribution in [3.05, 3.63) is 0 Å². The summed E-state index contributed by atoms with van der Waals surface area (Å²) in [6.45, 7) is 2.12. The Balaban J connectivity index is 0. The van der Waals surface area contributed by atoms with Crippen LogP contribution in [0.5, 0.6) is 0 Å². The molecular weight excluding hydrogens is 203 g/mol. The molecule has 1 N–H and O–H groups in total. The molecular formula is C8H16ClKO2. The van der Waals surface area contributed by atoms with Crippen molar-refractivity contribution in [2.75, 3.05) is 0 Å². The minimum absolute atomic E-state index is 0. The second-order valence-corrected chi connectivity index (χ2v) is 3.18. The van der Waals surface area contributed by atoms with Gasteiger partial charge >= 0.3 is 57.4 Å². The van der Waals surface area contributed by atoms with Gasteiger partial charge < -0.3 is 5.11 Å². The van der Waals surface area contributed by atoms with Crippen LogP contribution < -0.4 is 0 Å². The van der Waals surface area contributed by atoms with Crippen molar-refractivity contribution in [2.45, 2.75) is 44.4 Å². The van der Waals surface area contributed by atoms with E-state index in [1.54, 1.807) is 0 Å². The van der Waals surface area contributed by atoms with Crippen LogP contribution in [0, 0.1) is 0 Å². The third-order valence-electron chi connectivity index (χ3n) is 1.58. The van der Waals surface area contributed by atoms with E-state index < -0.39 is 11.3 Å². The summed E-state index contributed by atoms with van der Waals surface area (Å²) in [5.74, 6) is -0.900. The van der Waals surface area contributed by atoms with Crippen LogP contribution in [0.2, 0.25) is 0 Å². The molecule has 0 aliphatic heterocycles. The number of alkyl halides is 1. The summed E-state index contributed by atoms with van der Waals surface area (Å²) in [5.41, 5.74) is 0. The number of carboxylic acid groups (broad SMARTS) is 1. The summed E-state index contributed by atoms with van der Waals surface area (Å²) in [4.78, 5) is 10.2. The number of carbonyl (C=O) groups is 1. The van der Waals surface area contributed by atoms with Gasteiger partial charge in [0.05, 0.1) is 0 Å². The van der Waals surface area contributed by atoms with Crippen molar-refractivity contribution in [3.63, 3.8) is 0 Å². The summed E-state index contributed by atoms with van der Waals surface area (Å²) in [7, 11) is 0. The SMILES string of the molecule is CCCCCCC(Cl)C(=O)O.[KH]. The van der Waals surface area contributed by atoms with Gasteiger partial charge in [0.25, 0.3) is 0 Å². The van der Waals surface area contributed by atoms with E-state index in [-0.39, 0.29) is 51.4 Å². The molecule has 0 rings (SSSR count). The Kier molecular flexibility index (Phi) is 13.8. The van der Waals surface area contributed by atoms with E-state index in [0.717, 1.165) is 12.8 Å². The zero-order valence-electron chi connectivity index (χ0n) is 6.85. The molecule has 0 spiro atoms. The summed E-state index contributed by atoms with van der Waals surface area (Å²) < 4.78 is 0. The monoisotopic (exact) mass is 218 g/mol. The molecule has 0 saturated carbocycles. The first-order valence-corrected chi connectivity index (χ1v) is 4.49. The predicted octanol–water partition coefficient (Wildman–Crippen LogP) is 2.00. The molecule has 2 nitrogen and oxygen atoms in total. The van der Waals surface area contributed by atoms with Gasteiger partial charge in [-0.15, -0.1) is 11.6 Å². The molecule has 0 aliphatic rings. The van der Waals surface area contributed by atoms with Gasteiger partial charge in [-0.05, 0) is 6.42 Å². The molecule has 1 atom stereocenters. The molecule has 68 valence electrons. The zero-order valence-corrected chi connectivity index (χ0v) is 7.60. The van der Waals surface area contributed by atoms with E-state index in [0.29, 0.717) is 6.42 Å². The van der Waals surface area contributed by atoms with E-state index in [1.165, 1.54) is 12.8 Å². The maximum atomic E-state index is 10.2. The molecule has 0 bridgehead atoms. The van der Waals surface area contributed by atoms with Gasteiger partial charge in [-0.25, -0.2) is 0 Å². The molecule has 0 aromatic rings. The Bertz CT molecular complexity index is 120. The summed E-state index contributed by atoms with van der Waals surface area (Å²) in [6, 6.07) is 0. The zero-order chi connectivity index (χ0) is 8.69. The third kappa shape index (κ3) is 9.48. The number of hydrogen-bond donors (Lipinski definition) is 1. The van der Waals surface area contributed by atoms with Crippen molar-refractivity contribution >= 4 is 69.0 Å². The fourth-order valence-corrected chi connectivity index (χ4v) is 1.03. The Morgan fingerprint density at radius 2 is 2.00 bits per heavy atom. The quantitative estimate of drug-likeness (QED) is 0.421. The summed E-state index contributed by atoms with van der Waals surface area (Å²) >= 11 is 5.50. The van der Waals surface area contributed by atoms with Gasteiger partial charge in [-0.3, -0.25) is 4.79 Å². The number of rotatable bonds is 6. The standard InChI is InChI=1S/C8H15ClO2.K.H/c1-2-3-4-5-6-7(9)8(10)11;;/h7H,2-6H2,1H3,(H,10,11);;. The topological polar surface area (TPSA) is 37.3 Å². The van der Waals surface area contributed by atoms with Gasteiger partial charge in [0.1, 0.15) is 5.38 Å². The van der Waals surface area contributed by atoms with Crippen LogP contribution in [0.1, 0.15) is 39.0 Å². The summed E-state index contributed by atoms with van der Waals surface area (Å²) in [5, 5.41) is 7.72. The van der Waals surface area contributed by atoms with Crippen molar-refractivity contribution in [3.8, 4) is 0 Å². The van der Waals surface area contributed by atoms with Gasteiger partial charge in [0, 0.05) is 0 Å². The Hall–Kier alpha value is 1.40. The van der Waals surface area contributed by atoms with E-state index in [1.807, 2.05) is 0 Å². The van der Waals surface area contributed by atoms with Gasteiger partial charge in [-0.1, -0.05) is 32.6 Å². The fourth-order valence-electron chi connectivity index (χ4n) is 0.874. The molecule has 1 unspecified atom stereocenters. The molecule has 0 fully saturated rings. The molecule has 0 heterocycles. The van der Waals surface area contributed by atoms with Crippen LogP contribution in [-0.4, -0.2) is 67.8 Å². The Morgan fingerprint density at radius 1 is 1.42 bits per heavy atom.